The largest absolute Gasteiger partial charge is 0.370 e. The number of nitrogens with two attached hydrogens (primary N) is 2. The van der Waals surface area contributed by atoms with Crippen molar-refractivity contribution in [2.75, 3.05) is 5.32 Å². The second-order valence-electron chi connectivity index (χ2n) is 5.53. The number of fused-ring (bicyclic) bond motifs is 3. The topological polar surface area (TPSA) is 124 Å². The maximum absolute atomic E-state index is 11.2. The van der Waals surface area contributed by atoms with E-state index >= 15 is 0 Å². The van der Waals surface area contributed by atoms with Crippen LogP contribution in [-0.4, -0.2) is 27.8 Å². The summed E-state index contributed by atoms with van der Waals surface area (Å²) in [7, 11) is 0. The summed E-state index contributed by atoms with van der Waals surface area (Å²) < 4.78 is 0. The van der Waals surface area contributed by atoms with Gasteiger partial charge >= 0.3 is 0 Å². The highest BCUT2D eigenvalue weighted by Crippen LogP contribution is 2.40. The molecule has 0 saturated carbocycles. The third-order valence-electron chi connectivity index (χ3n) is 3.62. The zero-order chi connectivity index (χ0) is 17.1. The molecule has 0 fully saturated rings. The van der Waals surface area contributed by atoms with E-state index in [0.29, 0.717) is 5.95 Å². The van der Waals surface area contributed by atoms with Crippen molar-refractivity contribution in [1.29, 1.82) is 0 Å². The number of rotatable bonds is 6. The Kier molecular flexibility index (Phi) is 4.66. The van der Waals surface area contributed by atoms with Crippen molar-refractivity contribution in [1.82, 2.24) is 9.97 Å². The Hall–Kier alpha value is -2.61. The lowest BCUT2D eigenvalue weighted by molar-refractivity contribution is -0.119. The molecule has 0 unspecified atom stereocenters. The molecule has 1 aliphatic heterocycles. The van der Waals surface area contributed by atoms with E-state index in [-0.39, 0.29) is 12.8 Å². The Morgan fingerprint density at radius 2 is 1.92 bits per heavy atom. The van der Waals surface area contributed by atoms with Crippen LogP contribution < -0.4 is 16.8 Å². The average Bonchev–Trinajstić information content (AvgIpc) is 2.53. The summed E-state index contributed by atoms with van der Waals surface area (Å²) in [5.74, 6) is 0.114. The van der Waals surface area contributed by atoms with Gasteiger partial charge in [0.2, 0.25) is 17.8 Å². The van der Waals surface area contributed by atoms with Crippen LogP contribution in [0.4, 0.5) is 5.95 Å². The van der Waals surface area contributed by atoms with Crippen molar-refractivity contribution in [2.45, 2.75) is 29.5 Å². The van der Waals surface area contributed by atoms with E-state index in [1.165, 1.54) is 4.90 Å². The van der Waals surface area contributed by atoms with Crippen LogP contribution in [0, 0.1) is 0 Å². The molecule has 24 heavy (non-hydrogen) atoms. The van der Waals surface area contributed by atoms with Gasteiger partial charge in [0.05, 0.1) is 5.69 Å². The Balaban J connectivity index is 1.88. The number of primary amides is 2. The number of anilines is 1. The molecule has 124 valence electrons. The molecule has 0 saturated heterocycles. The number of carbonyl (C=O) groups is 2. The van der Waals surface area contributed by atoms with Gasteiger partial charge in [-0.1, -0.05) is 18.2 Å². The molecule has 1 aliphatic rings. The Morgan fingerprint density at radius 3 is 2.62 bits per heavy atom. The second-order valence-corrected chi connectivity index (χ2v) is 6.55. The lowest BCUT2D eigenvalue weighted by Gasteiger charge is -2.20. The molecule has 0 radical (unpaired) electrons. The van der Waals surface area contributed by atoms with Gasteiger partial charge in [-0.2, -0.15) is 0 Å². The molecule has 0 aliphatic carbocycles. The number of carbonyl (C=O) groups excluding carboxylic acids is 2. The van der Waals surface area contributed by atoms with E-state index in [2.05, 4.69) is 21.4 Å². The number of benzene rings is 1. The van der Waals surface area contributed by atoms with Gasteiger partial charge in [-0.15, -0.1) is 11.8 Å². The van der Waals surface area contributed by atoms with Crippen LogP contribution >= 0.6 is 11.8 Å². The van der Waals surface area contributed by atoms with Crippen molar-refractivity contribution in [3.05, 3.63) is 36.0 Å². The Labute approximate surface area is 143 Å². The summed E-state index contributed by atoms with van der Waals surface area (Å²) in [6, 6.07) is 7.51. The molecular formula is C16H17N5O2S. The van der Waals surface area contributed by atoms with Gasteiger partial charge < -0.3 is 16.8 Å². The molecular weight excluding hydrogens is 326 g/mol. The summed E-state index contributed by atoms with van der Waals surface area (Å²) in [4.78, 5) is 32.3. The molecule has 0 atom stereocenters. The van der Waals surface area contributed by atoms with E-state index in [0.717, 1.165) is 22.6 Å². The molecule has 3 rings (SSSR count). The van der Waals surface area contributed by atoms with Crippen LogP contribution in [0.3, 0.4) is 0 Å². The van der Waals surface area contributed by atoms with Gasteiger partial charge in [0.15, 0.2) is 0 Å². The molecule has 8 heteroatoms. The highest BCUT2D eigenvalue weighted by atomic mass is 32.2. The van der Waals surface area contributed by atoms with Crippen LogP contribution in [0.5, 0.6) is 0 Å². The highest BCUT2D eigenvalue weighted by Gasteiger charge is 2.20. The van der Waals surface area contributed by atoms with Crippen LogP contribution in [-0.2, 0) is 15.3 Å². The Morgan fingerprint density at radius 1 is 1.21 bits per heavy atom. The quantitative estimate of drug-likeness (QED) is 0.726. The molecule has 2 amide bonds. The van der Waals surface area contributed by atoms with Gasteiger partial charge in [0.25, 0.3) is 0 Å². The fourth-order valence-corrected chi connectivity index (χ4v) is 3.62. The van der Waals surface area contributed by atoms with Gasteiger partial charge in [-0.3, -0.25) is 9.59 Å². The Bertz CT molecular complexity index is 780. The third kappa shape index (κ3) is 3.65. The maximum atomic E-state index is 11.2. The van der Waals surface area contributed by atoms with E-state index in [1.54, 1.807) is 18.0 Å². The third-order valence-corrected chi connectivity index (χ3v) is 4.74. The smallest absolute Gasteiger partial charge is 0.223 e. The zero-order valence-corrected chi connectivity index (χ0v) is 13.7. The van der Waals surface area contributed by atoms with E-state index in [4.69, 9.17) is 11.5 Å². The predicted octanol–water partition coefficient (Wildman–Crippen LogP) is 1.28. The summed E-state index contributed by atoms with van der Waals surface area (Å²) >= 11 is 1.75. The van der Waals surface area contributed by atoms with Crippen molar-refractivity contribution < 1.29 is 9.59 Å². The number of nitrogens with zero attached hydrogens (tertiary/aromatic N) is 2. The number of amides is 2. The van der Waals surface area contributed by atoms with Crippen molar-refractivity contribution in [3.63, 3.8) is 0 Å². The predicted molar refractivity (Wildman–Crippen MR) is 92.1 cm³/mol. The molecule has 2 heterocycles. The molecule has 1 aromatic carbocycles. The standard InChI is InChI=1S/C16H17N5O2S/c17-13(22)5-10(6-14(18)23)20-16-19-7-9-8-24-12-4-2-1-3-11(12)15(9)21-16/h1-4,7,10H,5-6,8H2,(H2,17,22)(H2,18,23)(H,19,20,21). The first-order valence-electron chi connectivity index (χ1n) is 7.44. The van der Waals surface area contributed by atoms with Crippen molar-refractivity contribution in [2.24, 2.45) is 11.5 Å². The number of aromatic nitrogens is 2. The first-order valence-corrected chi connectivity index (χ1v) is 8.42. The lowest BCUT2D eigenvalue weighted by atomic mass is 10.1. The minimum atomic E-state index is -0.522. The van der Waals surface area contributed by atoms with Crippen LogP contribution in [0.1, 0.15) is 18.4 Å². The first-order chi connectivity index (χ1) is 11.5. The summed E-state index contributed by atoms with van der Waals surface area (Å²) in [6.07, 6.45) is 1.73. The summed E-state index contributed by atoms with van der Waals surface area (Å²) in [6.45, 7) is 0. The summed E-state index contributed by atoms with van der Waals surface area (Å²) in [5, 5.41) is 2.99. The first kappa shape index (κ1) is 16.3. The van der Waals surface area contributed by atoms with Crippen molar-refractivity contribution in [3.8, 4) is 11.3 Å². The SMILES string of the molecule is NC(=O)CC(CC(N)=O)Nc1ncc2c(n1)-c1ccccc1SC2. The zero-order valence-electron chi connectivity index (χ0n) is 12.9. The molecule has 7 nitrogen and oxygen atoms in total. The maximum Gasteiger partial charge on any atom is 0.223 e. The van der Waals surface area contributed by atoms with Gasteiger partial charge in [0.1, 0.15) is 0 Å². The van der Waals surface area contributed by atoms with E-state index in [1.807, 2.05) is 18.2 Å². The second kappa shape index (κ2) is 6.88. The molecule has 0 bridgehead atoms. The fraction of sp³-hybridized carbons (Fsp3) is 0.250. The average molecular weight is 343 g/mol. The number of hydrogen-bond acceptors (Lipinski definition) is 6. The van der Waals surface area contributed by atoms with Gasteiger partial charge in [-0.05, 0) is 6.07 Å². The van der Waals surface area contributed by atoms with E-state index in [9.17, 15) is 9.59 Å². The monoisotopic (exact) mass is 343 g/mol. The minimum absolute atomic E-state index is 0.0180. The fourth-order valence-electron chi connectivity index (χ4n) is 2.60. The van der Waals surface area contributed by atoms with Crippen molar-refractivity contribution >= 4 is 29.5 Å². The van der Waals surface area contributed by atoms with Gasteiger partial charge in [0, 0.05) is 46.9 Å². The molecule has 2 aromatic rings. The molecule has 1 aromatic heterocycles. The number of thioether (sulfide) groups is 1. The minimum Gasteiger partial charge on any atom is -0.370 e. The van der Waals surface area contributed by atoms with Crippen LogP contribution in [0.15, 0.2) is 35.4 Å². The summed E-state index contributed by atoms with van der Waals surface area (Å²) in [5.41, 5.74) is 13.4. The van der Waals surface area contributed by atoms with Crippen LogP contribution in [0.2, 0.25) is 0 Å². The van der Waals surface area contributed by atoms with Crippen LogP contribution in [0.25, 0.3) is 11.3 Å². The molecule has 5 N–H and O–H groups in total. The highest BCUT2D eigenvalue weighted by molar-refractivity contribution is 7.98. The lowest BCUT2D eigenvalue weighted by Crippen LogP contribution is -2.32. The van der Waals surface area contributed by atoms with E-state index < -0.39 is 17.9 Å². The number of hydrogen-bond donors (Lipinski definition) is 3. The molecule has 0 spiro atoms. The van der Waals surface area contributed by atoms with Gasteiger partial charge in [-0.25, -0.2) is 9.97 Å². The normalized spacial score (nSPS) is 12.4. The number of nitrogens with one attached hydrogen (secondary N) is 1.